The molecule has 5 heteroatoms. The highest BCUT2D eigenvalue weighted by Crippen LogP contribution is 2.29. The van der Waals surface area contributed by atoms with Gasteiger partial charge in [0, 0.05) is 6.04 Å². The lowest BCUT2D eigenvalue weighted by Gasteiger charge is -2.34. The topological polar surface area (TPSA) is 12.0 Å². The van der Waals surface area contributed by atoms with Crippen molar-refractivity contribution in [2.75, 3.05) is 6.54 Å². The highest BCUT2D eigenvalue weighted by atomic mass is 19.3. The lowest BCUT2D eigenvalue weighted by molar-refractivity contribution is -0.127. The second-order valence-corrected chi connectivity index (χ2v) is 4.94. The molecule has 16 heavy (non-hydrogen) atoms. The molecule has 3 unspecified atom stereocenters. The van der Waals surface area contributed by atoms with E-state index >= 15 is 0 Å². The molecule has 1 N–H and O–H groups in total. The third-order valence-corrected chi connectivity index (χ3v) is 3.35. The Morgan fingerprint density at radius 3 is 2.38 bits per heavy atom. The van der Waals surface area contributed by atoms with Gasteiger partial charge in [0.25, 0.3) is 0 Å². The Morgan fingerprint density at radius 1 is 1.25 bits per heavy atom. The van der Waals surface area contributed by atoms with Crippen LogP contribution in [0.25, 0.3) is 0 Å². The number of nitrogens with one attached hydrogen (secondary N) is 1. The molecule has 1 aliphatic carbocycles. The largest absolute Gasteiger partial charge is 0.319 e. The first-order valence-electron chi connectivity index (χ1n) is 5.72. The molecule has 1 rings (SSSR count). The van der Waals surface area contributed by atoms with Crippen LogP contribution in [0.15, 0.2) is 0 Å². The van der Waals surface area contributed by atoms with Gasteiger partial charge in [0.15, 0.2) is 0 Å². The minimum atomic E-state index is -3.91. The lowest BCUT2D eigenvalue weighted by Crippen LogP contribution is -2.47. The van der Waals surface area contributed by atoms with Crippen LogP contribution in [0.5, 0.6) is 0 Å². The highest BCUT2D eigenvalue weighted by Gasteiger charge is 2.41. The maximum atomic E-state index is 12.7. The minimum Gasteiger partial charge on any atom is -0.308 e. The van der Waals surface area contributed by atoms with Crippen LogP contribution in [0.1, 0.15) is 33.1 Å². The van der Waals surface area contributed by atoms with E-state index < -0.39 is 18.9 Å². The molecule has 0 aliphatic heterocycles. The zero-order chi connectivity index (χ0) is 12.3. The molecule has 0 aromatic rings. The van der Waals surface area contributed by atoms with Crippen molar-refractivity contribution in [3.05, 3.63) is 0 Å². The Hall–Kier alpha value is -0.320. The molecular weight excluding hydrogens is 222 g/mol. The van der Waals surface area contributed by atoms with E-state index in [1.807, 2.05) is 6.92 Å². The summed E-state index contributed by atoms with van der Waals surface area (Å²) in [6.07, 6.45) is -0.847. The van der Waals surface area contributed by atoms with Gasteiger partial charge in [-0.2, -0.15) is 8.78 Å². The highest BCUT2D eigenvalue weighted by molar-refractivity contribution is 4.83. The number of alkyl halides is 4. The summed E-state index contributed by atoms with van der Waals surface area (Å²) in [5.41, 5.74) is 0. The summed E-state index contributed by atoms with van der Waals surface area (Å²) in [5, 5.41) is 2.58. The second-order valence-electron chi connectivity index (χ2n) is 4.94. The van der Waals surface area contributed by atoms with E-state index in [4.69, 9.17) is 0 Å². The molecule has 1 nitrogen and oxygen atoms in total. The minimum absolute atomic E-state index is 0.0548. The van der Waals surface area contributed by atoms with Crippen molar-refractivity contribution in [3.8, 4) is 0 Å². The summed E-state index contributed by atoms with van der Waals surface area (Å²) in [5.74, 6) is -3.04. The molecule has 96 valence electrons. The Bertz CT molecular complexity index is 220. The van der Waals surface area contributed by atoms with Gasteiger partial charge in [0.05, 0.1) is 6.54 Å². The van der Waals surface area contributed by atoms with E-state index in [0.717, 1.165) is 19.3 Å². The molecule has 1 saturated carbocycles. The van der Waals surface area contributed by atoms with Crippen molar-refractivity contribution in [1.29, 1.82) is 0 Å². The predicted octanol–water partition coefficient (Wildman–Crippen LogP) is 3.30. The monoisotopic (exact) mass is 241 g/mol. The average Bonchev–Trinajstić information content (AvgIpc) is 2.16. The summed E-state index contributed by atoms with van der Waals surface area (Å²) in [6.45, 7) is 3.18. The Labute approximate surface area is 93.6 Å². The van der Waals surface area contributed by atoms with E-state index in [1.165, 1.54) is 0 Å². The predicted molar refractivity (Wildman–Crippen MR) is 54.9 cm³/mol. The van der Waals surface area contributed by atoms with Crippen LogP contribution in [0.4, 0.5) is 17.6 Å². The molecule has 3 atom stereocenters. The zero-order valence-corrected chi connectivity index (χ0v) is 9.65. The second kappa shape index (κ2) is 5.34. The van der Waals surface area contributed by atoms with Gasteiger partial charge in [-0.15, -0.1) is 0 Å². The molecular formula is C11H19F4N. The van der Waals surface area contributed by atoms with Crippen LogP contribution in [-0.2, 0) is 0 Å². The van der Waals surface area contributed by atoms with Crippen molar-refractivity contribution in [3.63, 3.8) is 0 Å². The van der Waals surface area contributed by atoms with Crippen LogP contribution < -0.4 is 5.32 Å². The maximum Gasteiger partial charge on any atom is 0.319 e. The zero-order valence-electron chi connectivity index (χ0n) is 9.65. The molecule has 0 aromatic carbocycles. The average molecular weight is 241 g/mol. The molecule has 0 heterocycles. The van der Waals surface area contributed by atoms with Crippen molar-refractivity contribution in [2.24, 2.45) is 11.8 Å². The fraction of sp³-hybridized carbons (Fsp3) is 1.00. The quantitative estimate of drug-likeness (QED) is 0.745. The van der Waals surface area contributed by atoms with Crippen LogP contribution in [-0.4, -0.2) is 24.9 Å². The van der Waals surface area contributed by atoms with Gasteiger partial charge in [-0.25, -0.2) is 8.78 Å². The van der Waals surface area contributed by atoms with E-state index in [0.29, 0.717) is 5.92 Å². The Morgan fingerprint density at radius 2 is 1.88 bits per heavy atom. The summed E-state index contributed by atoms with van der Waals surface area (Å²) in [4.78, 5) is 0. The normalized spacial score (nSPS) is 32.1. The van der Waals surface area contributed by atoms with Crippen molar-refractivity contribution < 1.29 is 17.6 Å². The van der Waals surface area contributed by atoms with E-state index in [2.05, 4.69) is 12.2 Å². The first-order chi connectivity index (χ1) is 7.33. The first kappa shape index (κ1) is 13.7. The van der Waals surface area contributed by atoms with Gasteiger partial charge in [-0.1, -0.05) is 13.8 Å². The van der Waals surface area contributed by atoms with Crippen LogP contribution in [0.3, 0.4) is 0 Å². The third kappa shape index (κ3) is 3.61. The van der Waals surface area contributed by atoms with Crippen LogP contribution in [0.2, 0.25) is 0 Å². The maximum absolute atomic E-state index is 12.7. The molecule has 0 radical (unpaired) electrons. The van der Waals surface area contributed by atoms with E-state index in [1.54, 1.807) is 0 Å². The van der Waals surface area contributed by atoms with Gasteiger partial charge in [0.2, 0.25) is 0 Å². The van der Waals surface area contributed by atoms with E-state index in [-0.39, 0.29) is 12.0 Å². The van der Waals surface area contributed by atoms with Gasteiger partial charge in [0.1, 0.15) is 0 Å². The number of rotatable bonds is 4. The molecule has 0 spiro atoms. The van der Waals surface area contributed by atoms with E-state index in [9.17, 15) is 17.6 Å². The molecule has 0 aromatic heterocycles. The summed E-state index contributed by atoms with van der Waals surface area (Å²) in [6, 6.07) is -0.0548. The van der Waals surface area contributed by atoms with Crippen LogP contribution in [0, 0.1) is 11.8 Å². The molecule has 1 fully saturated rings. The SMILES string of the molecule is CC1CCC(NCC(F)(F)C(F)F)C(C)C1. The summed E-state index contributed by atoms with van der Waals surface area (Å²) >= 11 is 0. The standard InChI is InChI=1S/C11H19F4N/c1-7-3-4-9(8(2)5-7)16-6-11(14,15)10(12)13/h7-10,16H,3-6H2,1-2H3. The number of hydrogen-bond donors (Lipinski definition) is 1. The fourth-order valence-corrected chi connectivity index (χ4v) is 2.31. The molecule has 1 aliphatic rings. The smallest absolute Gasteiger partial charge is 0.308 e. The Kier molecular flexibility index (Phi) is 4.59. The van der Waals surface area contributed by atoms with Gasteiger partial charge >= 0.3 is 12.3 Å². The van der Waals surface area contributed by atoms with Gasteiger partial charge in [-0.3, -0.25) is 0 Å². The first-order valence-corrected chi connectivity index (χ1v) is 5.72. The van der Waals surface area contributed by atoms with Crippen molar-refractivity contribution in [1.82, 2.24) is 5.32 Å². The van der Waals surface area contributed by atoms with Gasteiger partial charge < -0.3 is 5.32 Å². The van der Waals surface area contributed by atoms with Crippen molar-refractivity contribution in [2.45, 2.75) is 51.5 Å². The fourth-order valence-electron chi connectivity index (χ4n) is 2.31. The lowest BCUT2D eigenvalue weighted by atomic mass is 9.80. The number of hydrogen-bond acceptors (Lipinski definition) is 1. The molecule has 0 saturated heterocycles. The van der Waals surface area contributed by atoms with Crippen molar-refractivity contribution >= 4 is 0 Å². The third-order valence-electron chi connectivity index (χ3n) is 3.35. The number of halogens is 4. The summed E-state index contributed by atoms with van der Waals surface area (Å²) < 4.78 is 49.3. The molecule has 0 amide bonds. The summed E-state index contributed by atoms with van der Waals surface area (Å²) in [7, 11) is 0. The molecule has 0 bridgehead atoms. The Balaban J connectivity index is 2.38. The van der Waals surface area contributed by atoms with Crippen LogP contribution >= 0.6 is 0 Å². The van der Waals surface area contributed by atoms with Gasteiger partial charge in [-0.05, 0) is 31.1 Å².